The van der Waals surface area contributed by atoms with E-state index >= 15 is 0 Å². The number of unbranched alkanes of at least 4 members (excludes halogenated alkanes) is 4. The molecule has 5 aromatic carbocycles. The molecular weight excluding hydrogens is 683 g/mol. The van der Waals surface area contributed by atoms with Gasteiger partial charge in [-0.15, -0.1) is 0 Å². The average molecular weight is 719 g/mol. The number of carbonyl (C=O) groups is 2. The average Bonchev–Trinajstić information content (AvgIpc) is 3.15. The fraction of sp³-hybridized carbons (Fsp3) is 0.167. The number of pyridine rings is 1. The van der Waals surface area contributed by atoms with Gasteiger partial charge < -0.3 is 19.6 Å². The smallest absolute Gasteiger partial charge is 0.744 e. The van der Waals surface area contributed by atoms with Crippen molar-refractivity contribution in [2.75, 3.05) is 5.32 Å². The summed E-state index contributed by atoms with van der Waals surface area (Å²) >= 11 is 0. The third kappa shape index (κ3) is 7.64. The first-order chi connectivity index (χ1) is 25.1. The third-order valence-electron chi connectivity index (χ3n) is 9.33. The monoisotopic (exact) mass is 718 g/mol. The van der Waals surface area contributed by atoms with Crippen molar-refractivity contribution in [1.82, 2.24) is 4.98 Å². The Balaban J connectivity index is 0.00000481. The zero-order chi connectivity index (χ0) is 36.4. The van der Waals surface area contributed by atoms with Gasteiger partial charge in [-0.3, -0.25) is 14.4 Å². The van der Waals surface area contributed by atoms with E-state index in [4.69, 9.17) is 4.74 Å². The molecule has 0 aliphatic heterocycles. The van der Waals surface area contributed by atoms with E-state index in [-0.39, 0.29) is 52.7 Å². The molecule has 0 saturated heterocycles. The number of H-pyrrole nitrogens is 1. The Bertz CT molecular complexity index is 2500. The Labute approximate surface area is 319 Å². The van der Waals surface area contributed by atoms with Crippen LogP contribution in [0.4, 0.5) is 11.4 Å². The number of hydrogen-bond donors (Lipinski definition) is 2. The number of carbonyl (C=O) groups excluding carboxylic acids is 2. The van der Waals surface area contributed by atoms with Crippen LogP contribution in [0.1, 0.15) is 76.4 Å². The van der Waals surface area contributed by atoms with Gasteiger partial charge in [0.15, 0.2) is 17.3 Å². The minimum atomic E-state index is -4.68. The molecule has 0 unspecified atom stereocenters. The first kappa shape index (κ1) is 37.5. The second-order valence-electron chi connectivity index (χ2n) is 12.8. The Hall–Kier alpha value is -5.24. The van der Waals surface area contributed by atoms with Gasteiger partial charge in [0.1, 0.15) is 15.9 Å². The number of ether oxygens (including phenoxy) is 1. The van der Waals surface area contributed by atoms with E-state index < -0.39 is 26.4 Å². The van der Waals surface area contributed by atoms with E-state index in [1.807, 2.05) is 24.3 Å². The molecule has 7 rings (SSSR count). The molecule has 0 amide bonds. The Morgan fingerprint density at radius 3 is 2.13 bits per heavy atom. The molecule has 0 radical (unpaired) electrons. The second kappa shape index (κ2) is 15.8. The van der Waals surface area contributed by atoms with Gasteiger partial charge in [-0.05, 0) is 60.4 Å². The Kier molecular flexibility index (Phi) is 11.2. The van der Waals surface area contributed by atoms with Gasteiger partial charge in [0.25, 0.3) is 5.56 Å². The molecule has 262 valence electrons. The van der Waals surface area contributed by atoms with Crippen molar-refractivity contribution >= 4 is 44.0 Å². The van der Waals surface area contributed by atoms with E-state index in [0.717, 1.165) is 12.8 Å². The van der Waals surface area contributed by atoms with Crippen LogP contribution in [-0.2, 0) is 16.5 Å². The molecule has 1 aliphatic carbocycles. The summed E-state index contributed by atoms with van der Waals surface area (Å²) in [7, 11) is -4.68. The molecule has 0 atom stereocenters. The van der Waals surface area contributed by atoms with E-state index in [2.05, 4.69) is 17.2 Å². The maximum absolute atomic E-state index is 14.4. The molecule has 1 aliphatic rings. The number of fused-ring (bicyclic) bond motifs is 2. The second-order valence-corrected chi connectivity index (χ2v) is 14.2. The Morgan fingerprint density at radius 1 is 0.792 bits per heavy atom. The summed E-state index contributed by atoms with van der Waals surface area (Å²) in [5.74, 6) is -0.143. The summed E-state index contributed by atoms with van der Waals surface area (Å²) in [5, 5.41) is 3.53. The summed E-state index contributed by atoms with van der Waals surface area (Å²) < 4.78 is 41.3. The molecule has 1 aromatic heterocycles. The number of hydrogen-bond acceptors (Lipinski definition) is 8. The predicted molar refractivity (Wildman–Crippen MR) is 200 cm³/mol. The van der Waals surface area contributed by atoms with Crippen LogP contribution < -0.4 is 34.5 Å². The van der Waals surface area contributed by atoms with Crippen molar-refractivity contribution < 1.29 is 46.2 Å². The number of aromatic nitrogens is 1. The maximum Gasteiger partial charge on any atom is 1.00 e. The third-order valence-corrected chi connectivity index (χ3v) is 10.2. The standard InChI is InChI=1S/C42H36N2O7S.Li/c1-2-3-4-5-7-12-26-17-21-29(22-18-26)51-34-25-33(43-28-19-23-30(24-20-28)52(48,49)50)36-37-35(31-15-10-11-16-32(31)41(36)46)38(42(47)44-39(34)37)40(45)27-13-8-6-9-14-27;/h6,8-11,13-25,43H,2-5,7,12H2,1H3,(H,44,47)(H,48,49,50);/q;+1/p-1. The van der Waals surface area contributed by atoms with E-state index in [1.54, 1.807) is 60.7 Å². The molecule has 0 saturated carbocycles. The molecule has 9 nitrogen and oxygen atoms in total. The molecule has 6 aromatic rings. The van der Waals surface area contributed by atoms with Crippen LogP contribution in [0, 0.1) is 0 Å². The van der Waals surface area contributed by atoms with E-state index in [9.17, 15) is 27.4 Å². The van der Waals surface area contributed by atoms with Crippen molar-refractivity contribution in [3.05, 3.63) is 147 Å². The van der Waals surface area contributed by atoms with Gasteiger partial charge >= 0.3 is 18.9 Å². The van der Waals surface area contributed by atoms with Crippen LogP contribution >= 0.6 is 0 Å². The molecule has 0 fully saturated rings. The summed E-state index contributed by atoms with van der Waals surface area (Å²) in [6.45, 7) is 2.19. The fourth-order valence-corrected chi connectivity index (χ4v) is 7.23. The van der Waals surface area contributed by atoms with Gasteiger partial charge in [0.05, 0.1) is 27.2 Å². The molecule has 0 bridgehead atoms. The summed E-state index contributed by atoms with van der Waals surface area (Å²) in [5.41, 5.74) is 2.87. The van der Waals surface area contributed by atoms with Crippen molar-refractivity contribution in [1.29, 1.82) is 0 Å². The van der Waals surface area contributed by atoms with E-state index in [0.29, 0.717) is 39.1 Å². The summed E-state index contributed by atoms with van der Waals surface area (Å²) in [6, 6.07) is 29.8. The van der Waals surface area contributed by atoms with Crippen LogP contribution in [0.25, 0.3) is 22.0 Å². The zero-order valence-electron chi connectivity index (χ0n) is 29.4. The van der Waals surface area contributed by atoms with Crippen LogP contribution in [0.15, 0.2) is 119 Å². The number of anilines is 2. The predicted octanol–water partition coefficient (Wildman–Crippen LogP) is 5.93. The summed E-state index contributed by atoms with van der Waals surface area (Å²) in [6.07, 6.45) is 6.83. The Morgan fingerprint density at radius 2 is 1.45 bits per heavy atom. The normalized spacial score (nSPS) is 11.8. The molecule has 0 spiro atoms. The van der Waals surface area contributed by atoms with Gasteiger partial charge in [-0.2, -0.15) is 0 Å². The van der Waals surface area contributed by atoms with Gasteiger partial charge in [-0.25, -0.2) is 8.42 Å². The van der Waals surface area contributed by atoms with Crippen LogP contribution in [-0.4, -0.2) is 29.5 Å². The van der Waals surface area contributed by atoms with Gasteiger partial charge in [-0.1, -0.05) is 99.3 Å². The minimum absolute atomic E-state index is 0. The quantitative estimate of drug-likeness (QED) is 0.0647. The topological polar surface area (TPSA) is 145 Å². The van der Waals surface area contributed by atoms with Crippen molar-refractivity contribution in [3.63, 3.8) is 0 Å². The maximum atomic E-state index is 14.4. The number of aryl methyl sites for hydroxylation is 1. The minimum Gasteiger partial charge on any atom is -0.744 e. The van der Waals surface area contributed by atoms with Gasteiger partial charge in [0, 0.05) is 33.8 Å². The van der Waals surface area contributed by atoms with Crippen LogP contribution in [0.2, 0.25) is 0 Å². The molecular formula is C42H35LiN2O7S. The number of benzene rings is 5. The fourth-order valence-electron chi connectivity index (χ4n) is 6.76. The zero-order valence-corrected chi connectivity index (χ0v) is 30.2. The van der Waals surface area contributed by atoms with Crippen LogP contribution in [0.5, 0.6) is 11.5 Å². The molecule has 1 heterocycles. The van der Waals surface area contributed by atoms with Crippen molar-refractivity contribution in [2.45, 2.75) is 50.3 Å². The molecule has 53 heavy (non-hydrogen) atoms. The first-order valence-corrected chi connectivity index (χ1v) is 18.7. The van der Waals surface area contributed by atoms with Crippen molar-refractivity contribution in [3.8, 4) is 22.6 Å². The number of nitrogens with one attached hydrogen (secondary N) is 2. The van der Waals surface area contributed by atoms with Crippen molar-refractivity contribution in [2.24, 2.45) is 0 Å². The largest absolute Gasteiger partial charge is 1.00 e. The number of rotatable bonds is 13. The SMILES string of the molecule is CCCCCCCc1ccc(Oc2cc(Nc3ccc(S(=O)(=O)[O-])cc3)c3c4c(c(C(=O)c5ccccc5)c(=O)[nH]c24)-c2ccccc2C3=O)cc1.[Li+]. The molecule has 2 N–H and O–H groups in total. The summed E-state index contributed by atoms with van der Waals surface area (Å²) in [4.78, 5) is 45.1. The van der Waals surface area contributed by atoms with Crippen LogP contribution in [0.3, 0.4) is 0 Å². The van der Waals surface area contributed by atoms with E-state index in [1.165, 1.54) is 55.5 Å². The number of aromatic amines is 1. The van der Waals surface area contributed by atoms with Gasteiger partial charge in [0.2, 0.25) is 0 Å². The number of ketones is 2. The first-order valence-electron chi connectivity index (χ1n) is 17.2. The molecule has 11 heteroatoms.